The third kappa shape index (κ3) is 5.78. The number of hydrogen-bond acceptors (Lipinski definition) is 1. The maximum Gasteiger partial charge on any atom is 0.00104 e. The molecule has 1 nitrogen and oxygen atoms in total. The zero-order valence-corrected chi connectivity index (χ0v) is 13.6. The smallest absolute Gasteiger partial charge is 0.00104 e. The van der Waals surface area contributed by atoms with Crippen LogP contribution >= 0.6 is 0 Å². The van der Waals surface area contributed by atoms with E-state index >= 15 is 0 Å². The van der Waals surface area contributed by atoms with E-state index in [1.165, 1.54) is 24.0 Å². The van der Waals surface area contributed by atoms with Gasteiger partial charge in [0.2, 0.25) is 0 Å². The van der Waals surface area contributed by atoms with Crippen LogP contribution in [0.1, 0.15) is 50.8 Å². The zero-order valence-electron chi connectivity index (χ0n) is 13.6. The van der Waals surface area contributed by atoms with Gasteiger partial charge in [-0.25, -0.2) is 0 Å². The van der Waals surface area contributed by atoms with Crippen molar-refractivity contribution in [1.82, 2.24) is 5.32 Å². The molecule has 1 atom stereocenters. The van der Waals surface area contributed by atoms with Crippen LogP contribution in [0.2, 0.25) is 0 Å². The van der Waals surface area contributed by atoms with Crippen LogP contribution < -0.4 is 5.32 Å². The van der Waals surface area contributed by atoms with Crippen molar-refractivity contribution >= 4 is 0 Å². The van der Waals surface area contributed by atoms with Gasteiger partial charge in [-0.2, -0.15) is 0 Å². The molecule has 1 unspecified atom stereocenters. The lowest BCUT2D eigenvalue weighted by Crippen LogP contribution is -2.30. The minimum absolute atomic E-state index is 0.577. The van der Waals surface area contributed by atoms with Gasteiger partial charge in [0.1, 0.15) is 0 Å². The maximum absolute atomic E-state index is 3.61. The molecule has 0 bridgehead atoms. The van der Waals surface area contributed by atoms with Crippen molar-refractivity contribution in [1.29, 1.82) is 0 Å². The van der Waals surface area contributed by atoms with E-state index in [2.05, 4.69) is 65.1 Å². The molecule has 0 aromatic heterocycles. The van der Waals surface area contributed by atoms with Crippen molar-refractivity contribution in [2.75, 3.05) is 6.54 Å². The van der Waals surface area contributed by atoms with Crippen LogP contribution in [-0.2, 0) is 6.42 Å². The molecule has 0 spiro atoms. The normalized spacial score (nSPS) is 13.3. The molecule has 0 heterocycles. The molecular formula is C18H31N. The number of nitrogens with one attached hydrogen (secondary N) is 1. The lowest BCUT2D eigenvalue weighted by molar-refractivity contribution is 0.372. The van der Waals surface area contributed by atoms with E-state index in [0.29, 0.717) is 6.04 Å². The van der Waals surface area contributed by atoms with Gasteiger partial charge in [0, 0.05) is 6.04 Å². The van der Waals surface area contributed by atoms with Crippen LogP contribution in [-0.4, -0.2) is 12.6 Å². The van der Waals surface area contributed by atoms with Crippen molar-refractivity contribution in [3.63, 3.8) is 0 Å². The maximum atomic E-state index is 3.61. The van der Waals surface area contributed by atoms with Crippen molar-refractivity contribution in [3.8, 4) is 0 Å². The average molecular weight is 261 g/mol. The highest BCUT2D eigenvalue weighted by Gasteiger charge is 2.14. The summed E-state index contributed by atoms with van der Waals surface area (Å²) in [5.74, 6) is 1.51. The summed E-state index contributed by atoms with van der Waals surface area (Å²) < 4.78 is 0. The van der Waals surface area contributed by atoms with E-state index in [1.807, 2.05) is 0 Å². The molecule has 0 saturated carbocycles. The van der Waals surface area contributed by atoms with Crippen LogP contribution in [0.25, 0.3) is 0 Å². The molecular weight excluding hydrogens is 230 g/mol. The Morgan fingerprint density at radius 3 is 2.05 bits per heavy atom. The van der Waals surface area contributed by atoms with Gasteiger partial charge < -0.3 is 5.32 Å². The van der Waals surface area contributed by atoms with E-state index < -0.39 is 0 Å². The second kappa shape index (κ2) is 7.69. The van der Waals surface area contributed by atoms with Crippen molar-refractivity contribution in [3.05, 3.63) is 34.9 Å². The molecule has 0 radical (unpaired) electrons. The predicted octanol–water partition coefficient (Wildman–Crippen LogP) is 4.51. The first-order chi connectivity index (χ1) is 8.90. The Morgan fingerprint density at radius 1 is 1.00 bits per heavy atom. The Bertz CT molecular complexity index is 359. The van der Waals surface area contributed by atoms with Crippen molar-refractivity contribution in [2.24, 2.45) is 11.8 Å². The van der Waals surface area contributed by atoms with Gasteiger partial charge in [-0.15, -0.1) is 0 Å². The monoisotopic (exact) mass is 261 g/mol. The molecule has 108 valence electrons. The van der Waals surface area contributed by atoms with Gasteiger partial charge in [0.15, 0.2) is 0 Å². The SMILES string of the molecule is Cc1cccc(C)c1CC(CNC(C)C)CC(C)C. The van der Waals surface area contributed by atoms with Gasteiger partial charge in [0.25, 0.3) is 0 Å². The van der Waals surface area contributed by atoms with Crippen LogP contribution in [0.5, 0.6) is 0 Å². The van der Waals surface area contributed by atoms with Crippen LogP contribution in [0.3, 0.4) is 0 Å². The summed E-state index contributed by atoms with van der Waals surface area (Å²) >= 11 is 0. The van der Waals surface area contributed by atoms with Gasteiger partial charge in [0.05, 0.1) is 0 Å². The average Bonchev–Trinajstić information content (AvgIpc) is 2.30. The third-order valence-electron chi connectivity index (χ3n) is 3.76. The molecule has 0 aliphatic carbocycles. The fourth-order valence-electron chi connectivity index (χ4n) is 2.77. The quantitative estimate of drug-likeness (QED) is 0.761. The minimum atomic E-state index is 0.577. The summed E-state index contributed by atoms with van der Waals surface area (Å²) in [7, 11) is 0. The summed E-state index contributed by atoms with van der Waals surface area (Å²) in [6.45, 7) is 14.7. The minimum Gasteiger partial charge on any atom is -0.314 e. The van der Waals surface area contributed by atoms with Gasteiger partial charge >= 0.3 is 0 Å². The highest BCUT2D eigenvalue weighted by Crippen LogP contribution is 2.22. The molecule has 0 amide bonds. The summed E-state index contributed by atoms with van der Waals surface area (Å²) in [5.41, 5.74) is 4.44. The highest BCUT2D eigenvalue weighted by atomic mass is 14.9. The Kier molecular flexibility index (Phi) is 6.57. The van der Waals surface area contributed by atoms with Crippen LogP contribution in [0, 0.1) is 25.7 Å². The first kappa shape index (κ1) is 16.2. The molecule has 0 saturated heterocycles. The number of rotatable bonds is 7. The first-order valence-electron chi connectivity index (χ1n) is 7.68. The summed E-state index contributed by atoms with van der Waals surface area (Å²) in [5, 5.41) is 3.61. The fraction of sp³-hybridized carbons (Fsp3) is 0.667. The first-order valence-corrected chi connectivity index (χ1v) is 7.68. The molecule has 19 heavy (non-hydrogen) atoms. The molecule has 1 aromatic carbocycles. The van der Waals surface area contributed by atoms with Gasteiger partial charge in [-0.1, -0.05) is 45.9 Å². The summed E-state index contributed by atoms with van der Waals surface area (Å²) in [6, 6.07) is 7.22. The van der Waals surface area contributed by atoms with Crippen molar-refractivity contribution in [2.45, 2.75) is 60.4 Å². The van der Waals surface area contributed by atoms with E-state index in [0.717, 1.165) is 18.4 Å². The Morgan fingerprint density at radius 2 is 1.58 bits per heavy atom. The Hall–Kier alpha value is -0.820. The van der Waals surface area contributed by atoms with E-state index in [-0.39, 0.29) is 0 Å². The lowest BCUT2D eigenvalue weighted by Gasteiger charge is -2.23. The third-order valence-corrected chi connectivity index (χ3v) is 3.76. The zero-order chi connectivity index (χ0) is 14.4. The number of benzene rings is 1. The van der Waals surface area contributed by atoms with Crippen LogP contribution in [0.4, 0.5) is 0 Å². The molecule has 1 rings (SSSR count). The van der Waals surface area contributed by atoms with E-state index in [1.54, 1.807) is 5.56 Å². The molecule has 0 aliphatic rings. The molecule has 1 heteroatoms. The van der Waals surface area contributed by atoms with E-state index in [9.17, 15) is 0 Å². The molecule has 1 N–H and O–H groups in total. The predicted molar refractivity (Wildman–Crippen MR) is 85.7 cm³/mol. The standard InChI is InChI=1S/C18H31N/c1-13(2)10-17(12-19-14(3)4)11-18-15(5)8-7-9-16(18)6/h7-9,13-14,17,19H,10-12H2,1-6H3. The largest absolute Gasteiger partial charge is 0.314 e. The second-order valence-electron chi connectivity index (χ2n) is 6.63. The highest BCUT2D eigenvalue weighted by molar-refractivity contribution is 5.33. The molecule has 1 aromatic rings. The van der Waals surface area contributed by atoms with Crippen molar-refractivity contribution < 1.29 is 0 Å². The Labute approximate surface area is 119 Å². The second-order valence-corrected chi connectivity index (χ2v) is 6.63. The van der Waals surface area contributed by atoms with Gasteiger partial charge in [-0.3, -0.25) is 0 Å². The summed E-state index contributed by atoms with van der Waals surface area (Å²) in [6.07, 6.45) is 2.50. The fourth-order valence-corrected chi connectivity index (χ4v) is 2.77. The molecule has 0 fully saturated rings. The van der Waals surface area contributed by atoms with Gasteiger partial charge in [-0.05, 0) is 61.8 Å². The van der Waals surface area contributed by atoms with Crippen LogP contribution in [0.15, 0.2) is 18.2 Å². The topological polar surface area (TPSA) is 12.0 Å². The van der Waals surface area contributed by atoms with E-state index in [4.69, 9.17) is 0 Å². The number of hydrogen-bond donors (Lipinski definition) is 1. The Balaban J connectivity index is 2.75. The number of aryl methyl sites for hydroxylation is 2. The summed E-state index contributed by atoms with van der Waals surface area (Å²) in [4.78, 5) is 0. The molecule has 0 aliphatic heterocycles. The lowest BCUT2D eigenvalue weighted by atomic mass is 9.87.